The molecule has 124 valence electrons. The van der Waals surface area contributed by atoms with Gasteiger partial charge in [-0.2, -0.15) is 0 Å². The maximum atomic E-state index is 12.7. The van der Waals surface area contributed by atoms with Crippen molar-refractivity contribution in [1.82, 2.24) is 14.9 Å². The van der Waals surface area contributed by atoms with Gasteiger partial charge in [-0.15, -0.1) is 0 Å². The van der Waals surface area contributed by atoms with Crippen LogP contribution in [-0.4, -0.2) is 53.6 Å². The van der Waals surface area contributed by atoms with Gasteiger partial charge in [-0.1, -0.05) is 12.8 Å². The van der Waals surface area contributed by atoms with Gasteiger partial charge in [-0.05, 0) is 24.8 Å². The zero-order chi connectivity index (χ0) is 15.6. The summed E-state index contributed by atoms with van der Waals surface area (Å²) < 4.78 is 5.39. The minimum absolute atomic E-state index is 0.247. The van der Waals surface area contributed by atoms with E-state index in [9.17, 15) is 4.79 Å². The molecule has 1 aromatic heterocycles. The lowest BCUT2D eigenvalue weighted by Gasteiger charge is -2.32. The highest BCUT2D eigenvalue weighted by atomic mass is 16.5. The number of aromatic nitrogens is 2. The van der Waals surface area contributed by atoms with Crippen molar-refractivity contribution >= 4 is 11.9 Å². The number of nitrogens with zero attached hydrogens (tertiary/aromatic N) is 4. The molecule has 1 aromatic rings. The van der Waals surface area contributed by atoms with E-state index in [1.807, 2.05) is 11.1 Å². The van der Waals surface area contributed by atoms with E-state index in [-0.39, 0.29) is 5.92 Å². The van der Waals surface area contributed by atoms with Crippen LogP contribution in [-0.2, 0) is 22.5 Å². The summed E-state index contributed by atoms with van der Waals surface area (Å²) in [6.07, 6.45) is 7.34. The molecule has 0 bridgehead atoms. The molecule has 0 spiro atoms. The largest absolute Gasteiger partial charge is 0.378 e. The topological polar surface area (TPSA) is 58.6 Å². The quantitative estimate of drug-likeness (QED) is 0.825. The maximum absolute atomic E-state index is 12.7. The highest BCUT2D eigenvalue weighted by Crippen LogP contribution is 2.28. The Bertz CT molecular complexity index is 580. The zero-order valence-electron chi connectivity index (χ0n) is 13.5. The number of hydrogen-bond acceptors (Lipinski definition) is 5. The Morgan fingerprint density at radius 2 is 1.96 bits per heavy atom. The van der Waals surface area contributed by atoms with Gasteiger partial charge in [-0.25, -0.2) is 9.97 Å². The average Bonchev–Trinajstić information content (AvgIpc) is 3.15. The molecular formula is C17H24N4O2. The fraction of sp³-hybridized carbons (Fsp3) is 0.706. The van der Waals surface area contributed by atoms with E-state index >= 15 is 0 Å². The second kappa shape index (κ2) is 6.43. The van der Waals surface area contributed by atoms with Gasteiger partial charge in [0.05, 0.1) is 25.5 Å². The van der Waals surface area contributed by atoms with Crippen LogP contribution < -0.4 is 4.90 Å². The molecule has 3 heterocycles. The van der Waals surface area contributed by atoms with Crippen LogP contribution in [0.1, 0.15) is 36.9 Å². The first kappa shape index (κ1) is 14.9. The molecule has 2 fully saturated rings. The van der Waals surface area contributed by atoms with E-state index in [0.717, 1.165) is 63.8 Å². The minimum Gasteiger partial charge on any atom is -0.378 e. The number of carbonyl (C=O) groups is 1. The molecule has 3 aliphatic rings. The van der Waals surface area contributed by atoms with Crippen LogP contribution in [0.25, 0.3) is 0 Å². The first-order valence-corrected chi connectivity index (χ1v) is 8.77. The highest BCUT2D eigenvalue weighted by molar-refractivity contribution is 5.79. The molecular weight excluding hydrogens is 292 g/mol. The van der Waals surface area contributed by atoms with E-state index in [1.165, 1.54) is 18.4 Å². The molecule has 0 atom stereocenters. The van der Waals surface area contributed by atoms with Crippen molar-refractivity contribution in [3.63, 3.8) is 0 Å². The Hall–Kier alpha value is -1.69. The van der Waals surface area contributed by atoms with Crippen molar-refractivity contribution in [3.05, 3.63) is 17.5 Å². The lowest BCUT2D eigenvalue weighted by Crippen LogP contribution is -2.41. The van der Waals surface area contributed by atoms with Crippen molar-refractivity contribution in [1.29, 1.82) is 0 Å². The summed E-state index contributed by atoms with van der Waals surface area (Å²) in [6, 6.07) is 0. The number of rotatable bonds is 2. The molecule has 0 aromatic carbocycles. The van der Waals surface area contributed by atoms with Gasteiger partial charge in [-0.3, -0.25) is 4.79 Å². The van der Waals surface area contributed by atoms with Crippen LogP contribution in [0.5, 0.6) is 0 Å². The SMILES string of the molecule is O=C(C1CCCC1)N1CCc2cnc(N3CCOCC3)nc2C1. The summed E-state index contributed by atoms with van der Waals surface area (Å²) in [5.74, 6) is 1.36. The molecule has 2 aliphatic heterocycles. The molecule has 6 nitrogen and oxygen atoms in total. The second-order valence-corrected chi connectivity index (χ2v) is 6.73. The first-order valence-electron chi connectivity index (χ1n) is 8.77. The molecule has 0 unspecified atom stereocenters. The predicted molar refractivity (Wildman–Crippen MR) is 86.1 cm³/mol. The molecule has 4 rings (SSSR count). The first-order chi connectivity index (χ1) is 11.3. The Morgan fingerprint density at radius 3 is 2.74 bits per heavy atom. The van der Waals surface area contributed by atoms with Crippen LogP contribution in [0, 0.1) is 5.92 Å². The Balaban J connectivity index is 1.49. The van der Waals surface area contributed by atoms with Gasteiger partial charge < -0.3 is 14.5 Å². The van der Waals surface area contributed by atoms with Crippen molar-refractivity contribution in [2.75, 3.05) is 37.7 Å². The van der Waals surface area contributed by atoms with Crippen molar-refractivity contribution in [2.24, 2.45) is 5.92 Å². The summed E-state index contributed by atoms with van der Waals surface area (Å²) in [5.41, 5.74) is 2.22. The van der Waals surface area contributed by atoms with Gasteiger partial charge in [0.15, 0.2) is 0 Å². The molecule has 1 aliphatic carbocycles. The van der Waals surface area contributed by atoms with Gasteiger partial charge in [0.25, 0.3) is 0 Å². The number of ether oxygens (including phenoxy) is 1. The van der Waals surface area contributed by atoms with Crippen LogP contribution in [0.3, 0.4) is 0 Å². The van der Waals surface area contributed by atoms with E-state index < -0.39 is 0 Å². The number of carbonyl (C=O) groups excluding carboxylic acids is 1. The molecule has 6 heteroatoms. The molecule has 0 N–H and O–H groups in total. The third-order valence-corrected chi connectivity index (χ3v) is 5.24. The van der Waals surface area contributed by atoms with Gasteiger partial charge >= 0.3 is 0 Å². The Kier molecular flexibility index (Phi) is 4.16. The lowest BCUT2D eigenvalue weighted by molar-refractivity contribution is -0.136. The predicted octanol–water partition coefficient (Wildman–Crippen LogP) is 1.39. The monoisotopic (exact) mass is 316 g/mol. The molecule has 1 saturated heterocycles. The highest BCUT2D eigenvalue weighted by Gasteiger charge is 2.30. The summed E-state index contributed by atoms with van der Waals surface area (Å²) in [4.78, 5) is 26.1. The smallest absolute Gasteiger partial charge is 0.226 e. The van der Waals surface area contributed by atoms with Crippen LogP contribution in [0.4, 0.5) is 5.95 Å². The molecule has 23 heavy (non-hydrogen) atoms. The van der Waals surface area contributed by atoms with Gasteiger partial charge in [0, 0.05) is 31.7 Å². The standard InChI is InChI=1S/C17H24N4O2/c22-16(13-3-1-2-4-13)21-6-5-14-11-18-17(19-15(14)12-21)20-7-9-23-10-8-20/h11,13H,1-10,12H2. The fourth-order valence-electron chi connectivity index (χ4n) is 3.83. The van der Waals surface area contributed by atoms with E-state index in [0.29, 0.717) is 12.5 Å². The zero-order valence-corrected chi connectivity index (χ0v) is 13.5. The maximum Gasteiger partial charge on any atom is 0.226 e. The minimum atomic E-state index is 0.247. The van der Waals surface area contributed by atoms with Crippen LogP contribution in [0.2, 0.25) is 0 Å². The third kappa shape index (κ3) is 3.04. The summed E-state index contributed by atoms with van der Waals surface area (Å²) >= 11 is 0. The second-order valence-electron chi connectivity index (χ2n) is 6.73. The van der Waals surface area contributed by atoms with Crippen molar-refractivity contribution < 1.29 is 9.53 Å². The number of hydrogen-bond donors (Lipinski definition) is 0. The normalized spacial score (nSPS) is 22.3. The molecule has 0 radical (unpaired) electrons. The Labute approximate surface area is 136 Å². The number of amides is 1. The number of morpholine rings is 1. The van der Waals surface area contributed by atoms with Gasteiger partial charge in [0.1, 0.15) is 0 Å². The average molecular weight is 316 g/mol. The van der Waals surface area contributed by atoms with Crippen LogP contribution in [0.15, 0.2) is 6.20 Å². The molecule has 1 amide bonds. The summed E-state index contributed by atoms with van der Waals surface area (Å²) in [5, 5.41) is 0. The lowest BCUT2D eigenvalue weighted by atomic mass is 10.0. The number of anilines is 1. The number of fused-ring (bicyclic) bond motifs is 1. The van der Waals surface area contributed by atoms with E-state index in [1.54, 1.807) is 0 Å². The fourth-order valence-corrected chi connectivity index (χ4v) is 3.83. The van der Waals surface area contributed by atoms with E-state index in [4.69, 9.17) is 9.72 Å². The van der Waals surface area contributed by atoms with Gasteiger partial charge in [0.2, 0.25) is 11.9 Å². The van der Waals surface area contributed by atoms with Crippen molar-refractivity contribution in [3.8, 4) is 0 Å². The third-order valence-electron chi connectivity index (χ3n) is 5.24. The Morgan fingerprint density at radius 1 is 1.17 bits per heavy atom. The van der Waals surface area contributed by atoms with Crippen LogP contribution >= 0.6 is 0 Å². The van der Waals surface area contributed by atoms with E-state index in [2.05, 4.69) is 9.88 Å². The summed E-state index contributed by atoms with van der Waals surface area (Å²) in [7, 11) is 0. The summed E-state index contributed by atoms with van der Waals surface area (Å²) in [6.45, 7) is 4.58. The molecule has 1 saturated carbocycles. The van der Waals surface area contributed by atoms with Crippen molar-refractivity contribution in [2.45, 2.75) is 38.6 Å².